The molecule has 1 aliphatic carbocycles. The average molecular weight is 224 g/mol. The molecule has 0 spiro atoms. The van der Waals surface area contributed by atoms with Gasteiger partial charge in [-0.2, -0.15) is 0 Å². The van der Waals surface area contributed by atoms with Crippen LogP contribution in [0, 0.1) is 10.8 Å². The Kier molecular flexibility index (Phi) is 5.34. The van der Waals surface area contributed by atoms with Gasteiger partial charge in [0.1, 0.15) is 0 Å². The predicted octanol–water partition coefficient (Wildman–Crippen LogP) is 5.95. The van der Waals surface area contributed by atoms with E-state index in [1.54, 1.807) is 0 Å². The van der Waals surface area contributed by atoms with Crippen LogP contribution in [-0.4, -0.2) is 0 Å². The lowest BCUT2D eigenvalue weighted by molar-refractivity contribution is 0.240. The van der Waals surface area contributed by atoms with Gasteiger partial charge in [-0.3, -0.25) is 0 Å². The van der Waals surface area contributed by atoms with E-state index in [1.165, 1.54) is 64.2 Å². The molecule has 1 fully saturated rings. The minimum absolute atomic E-state index is 0.604. The first-order valence-corrected chi connectivity index (χ1v) is 7.47. The molecule has 0 amide bonds. The molecule has 1 aliphatic rings. The number of hydrogen-bond donors (Lipinski definition) is 0. The van der Waals surface area contributed by atoms with Gasteiger partial charge in [0.15, 0.2) is 0 Å². The van der Waals surface area contributed by atoms with Gasteiger partial charge in [0, 0.05) is 0 Å². The third-order valence-electron chi connectivity index (χ3n) is 4.87. The van der Waals surface area contributed by atoms with Crippen molar-refractivity contribution in [3.63, 3.8) is 0 Å². The van der Waals surface area contributed by atoms with Crippen molar-refractivity contribution in [2.24, 2.45) is 10.8 Å². The summed E-state index contributed by atoms with van der Waals surface area (Å²) in [5, 5.41) is 0. The first kappa shape index (κ1) is 14.1. The third-order valence-corrected chi connectivity index (χ3v) is 4.87. The van der Waals surface area contributed by atoms with Gasteiger partial charge in [-0.05, 0) is 36.5 Å². The first-order valence-electron chi connectivity index (χ1n) is 7.47. The standard InChI is InChI=1S/C16H32/c1-5-16(4)13-8-6-7-11-15(2,3)12-9-10-14-16/h5-14H2,1-4H3. The normalized spacial score (nSPS) is 33.0. The van der Waals surface area contributed by atoms with Crippen molar-refractivity contribution in [3.05, 3.63) is 0 Å². The Labute approximate surface area is 103 Å². The topological polar surface area (TPSA) is 0 Å². The molecule has 0 aromatic carbocycles. The molecular formula is C16H32. The van der Waals surface area contributed by atoms with Gasteiger partial charge >= 0.3 is 0 Å². The minimum Gasteiger partial charge on any atom is -0.0649 e. The summed E-state index contributed by atoms with van der Waals surface area (Å²) in [5.74, 6) is 0. The molecular weight excluding hydrogens is 192 g/mol. The van der Waals surface area contributed by atoms with Crippen LogP contribution in [0.15, 0.2) is 0 Å². The molecule has 0 N–H and O–H groups in total. The molecule has 0 nitrogen and oxygen atoms in total. The number of rotatable bonds is 1. The Morgan fingerprint density at radius 1 is 0.688 bits per heavy atom. The fourth-order valence-corrected chi connectivity index (χ4v) is 3.09. The highest BCUT2D eigenvalue weighted by Crippen LogP contribution is 2.38. The zero-order valence-electron chi connectivity index (χ0n) is 12.1. The van der Waals surface area contributed by atoms with E-state index in [2.05, 4.69) is 27.7 Å². The molecule has 1 atom stereocenters. The Morgan fingerprint density at radius 2 is 1.12 bits per heavy atom. The van der Waals surface area contributed by atoms with Crippen LogP contribution in [0.5, 0.6) is 0 Å². The molecule has 16 heavy (non-hydrogen) atoms. The predicted molar refractivity (Wildman–Crippen MR) is 73.7 cm³/mol. The van der Waals surface area contributed by atoms with E-state index in [0.29, 0.717) is 10.8 Å². The van der Waals surface area contributed by atoms with Gasteiger partial charge in [-0.25, -0.2) is 0 Å². The van der Waals surface area contributed by atoms with E-state index in [1.807, 2.05) is 0 Å². The quantitative estimate of drug-likeness (QED) is 0.516. The monoisotopic (exact) mass is 224 g/mol. The van der Waals surface area contributed by atoms with Gasteiger partial charge < -0.3 is 0 Å². The lowest BCUT2D eigenvalue weighted by Gasteiger charge is -2.28. The molecule has 1 rings (SSSR count). The maximum atomic E-state index is 2.51. The molecule has 0 heterocycles. The van der Waals surface area contributed by atoms with E-state index >= 15 is 0 Å². The van der Waals surface area contributed by atoms with Crippen molar-refractivity contribution >= 4 is 0 Å². The molecule has 0 aliphatic heterocycles. The van der Waals surface area contributed by atoms with E-state index < -0.39 is 0 Å². The van der Waals surface area contributed by atoms with E-state index in [9.17, 15) is 0 Å². The maximum absolute atomic E-state index is 2.51. The van der Waals surface area contributed by atoms with Crippen LogP contribution in [0.1, 0.15) is 91.9 Å². The Balaban J connectivity index is 2.48. The lowest BCUT2D eigenvalue weighted by Crippen LogP contribution is -2.15. The van der Waals surface area contributed by atoms with Gasteiger partial charge in [0.2, 0.25) is 0 Å². The smallest absolute Gasteiger partial charge is 0.0328 e. The molecule has 1 unspecified atom stereocenters. The van der Waals surface area contributed by atoms with Crippen LogP contribution in [0.3, 0.4) is 0 Å². The lowest BCUT2D eigenvalue weighted by atomic mass is 9.77. The average Bonchev–Trinajstić information content (AvgIpc) is 2.26. The highest BCUT2D eigenvalue weighted by Gasteiger charge is 2.23. The fraction of sp³-hybridized carbons (Fsp3) is 1.00. The highest BCUT2D eigenvalue weighted by atomic mass is 14.3. The molecule has 0 aromatic rings. The maximum Gasteiger partial charge on any atom is -0.0328 e. The van der Waals surface area contributed by atoms with Crippen molar-refractivity contribution in [1.82, 2.24) is 0 Å². The van der Waals surface area contributed by atoms with Crippen LogP contribution in [0.25, 0.3) is 0 Å². The van der Waals surface area contributed by atoms with Crippen molar-refractivity contribution in [3.8, 4) is 0 Å². The summed E-state index contributed by atoms with van der Waals surface area (Å²) in [5.41, 5.74) is 1.25. The van der Waals surface area contributed by atoms with Crippen LogP contribution in [-0.2, 0) is 0 Å². The van der Waals surface area contributed by atoms with Crippen LogP contribution < -0.4 is 0 Å². The van der Waals surface area contributed by atoms with Crippen molar-refractivity contribution < 1.29 is 0 Å². The van der Waals surface area contributed by atoms with E-state index in [0.717, 1.165) is 0 Å². The summed E-state index contributed by atoms with van der Waals surface area (Å²) < 4.78 is 0. The third kappa shape index (κ3) is 4.89. The van der Waals surface area contributed by atoms with Crippen molar-refractivity contribution in [2.45, 2.75) is 91.9 Å². The van der Waals surface area contributed by atoms with Crippen molar-refractivity contribution in [2.75, 3.05) is 0 Å². The second kappa shape index (κ2) is 6.07. The van der Waals surface area contributed by atoms with E-state index in [4.69, 9.17) is 0 Å². The first-order chi connectivity index (χ1) is 7.47. The SMILES string of the molecule is CCC1(C)CCCCCC(C)(C)CCCC1. The molecule has 0 bridgehead atoms. The molecule has 96 valence electrons. The van der Waals surface area contributed by atoms with Crippen LogP contribution in [0.4, 0.5) is 0 Å². The Morgan fingerprint density at radius 3 is 1.69 bits per heavy atom. The van der Waals surface area contributed by atoms with Gasteiger partial charge in [0.05, 0.1) is 0 Å². The molecule has 0 radical (unpaired) electrons. The summed E-state index contributed by atoms with van der Waals surface area (Å²) in [4.78, 5) is 0. The van der Waals surface area contributed by atoms with Crippen LogP contribution >= 0.6 is 0 Å². The fourth-order valence-electron chi connectivity index (χ4n) is 3.09. The summed E-state index contributed by atoms with van der Waals surface area (Å²) >= 11 is 0. The van der Waals surface area contributed by atoms with Gasteiger partial charge in [0.25, 0.3) is 0 Å². The van der Waals surface area contributed by atoms with Crippen molar-refractivity contribution in [1.29, 1.82) is 0 Å². The highest BCUT2D eigenvalue weighted by molar-refractivity contribution is 4.76. The van der Waals surface area contributed by atoms with Gasteiger partial charge in [-0.15, -0.1) is 0 Å². The number of hydrogen-bond acceptors (Lipinski definition) is 0. The molecule has 0 aromatic heterocycles. The summed E-state index contributed by atoms with van der Waals surface area (Å²) in [6, 6.07) is 0. The molecule has 0 heteroatoms. The molecule has 1 saturated carbocycles. The summed E-state index contributed by atoms with van der Waals surface area (Å²) in [6.07, 6.45) is 14.4. The minimum atomic E-state index is 0.604. The Hall–Kier alpha value is 0. The molecule has 0 saturated heterocycles. The summed E-state index contributed by atoms with van der Waals surface area (Å²) in [6.45, 7) is 9.81. The Bertz CT molecular complexity index is 192. The van der Waals surface area contributed by atoms with Gasteiger partial charge in [-0.1, -0.05) is 66.2 Å². The second-order valence-electron chi connectivity index (χ2n) is 7.10. The zero-order valence-corrected chi connectivity index (χ0v) is 12.1. The second-order valence-corrected chi connectivity index (χ2v) is 7.10. The van der Waals surface area contributed by atoms with E-state index in [-0.39, 0.29) is 0 Å². The van der Waals surface area contributed by atoms with Crippen LogP contribution in [0.2, 0.25) is 0 Å². The zero-order chi connectivity index (χ0) is 12.1. The summed E-state index contributed by atoms with van der Waals surface area (Å²) in [7, 11) is 0. The largest absolute Gasteiger partial charge is 0.0649 e.